The Kier molecular flexibility index (Phi) is 84.8. The summed E-state index contributed by atoms with van der Waals surface area (Å²) in [6.45, 7) is 26.1. The van der Waals surface area contributed by atoms with E-state index < -0.39 is 0 Å². The van der Waals surface area contributed by atoms with Gasteiger partial charge in [0.1, 0.15) is 6.29 Å². The van der Waals surface area contributed by atoms with Gasteiger partial charge in [0.15, 0.2) is 0 Å². The number of methoxy groups -OCH3 is 1. The Bertz CT molecular complexity index is 904. The van der Waals surface area contributed by atoms with E-state index in [2.05, 4.69) is 53.4 Å². The Balaban J connectivity index is -0.000000345. The maximum absolute atomic E-state index is 12.8. The molecule has 0 bridgehead atoms. The summed E-state index contributed by atoms with van der Waals surface area (Å²) >= 11 is 0. The van der Waals surface area contributed by atoms with Crippen LogP contribution in [0.25, 0.3) is 0 Å². The number of hydrogen-bond acceptors (Lipinski definition) is 7. The van der Waals surface area contributed by atoms with Gasteiger partial charge < -0.3 is 29.4 Å². The molecule has 0 aliphatic carbocycles. The predicted molar refractivity (Wildman–Crippen MR) is 321 cm³/mol. The fourth-order valence-corrected chi connectivity index (χ4v) is 8.88. The largest absolute Gasteiger partial charge is 0.465 e. The fourth-order valence-electron chi connectivity index (χ4n) is 8.88. The average Bonchev–Trinajstić information content (AvgIpc) is 3.39. The standard InChI is InChI=1S/C32H65NO4.C13H28O.C12H24O.C6H14.C2H6/c1-4-6-8-10-12-18-24-31(23-17-11-9-7-5-2)32(35)37-30-22-16-14-20-26-33(27-28-34)25-19-13-15-21-29-36-3;1-3-4-5-6-7-8-9-10-11-12-13(2)14;1-3-5-7-9-12(11-13)10-8-6-4-2;1-3-5-6-4-2;1-2/h31,34H,4-30H2,1-3H3;13-14H,3-12H2,1-2H3;11-12H,3-10H2,1-2H3;3-6H2,1-2H3;1-2H3. The van der Waals surface area contributed by atoms with Crippen molar-refractivity contribution in [2.75, 3.05) is 46.6 Å². The van der Waals surface area contributed by atoms with Crippen molar-refractivity contribution in [3.8, 4) is 0 Å². The van der Waals surface area contributed by atoms with E-state index in [0.29, 0.717) is 12.5 Å². The summed E-state index contributed by atoms with van der Waals surface area (Å²) in [4.78, 5) is 25.9. The third-order valence-corrected chi connectivity index (χ3v) is 13.7. The number of aliphatic hydroxyl groups excluding tert-OH is 2. The van der Waals surface area contributed by atoms with Crippen LogP contribution in [0.1, 0.15) is 345 Å². The minimum Gasteiger partial charge on any atom is -0.465 e. The lowest BCUT2D eigenvalue weighted by atomic mass is 9.94. The first-order valence-corrected chi connectivity index (χ1v) is 32.3. The molecule has 72 heavy (non-hydrogen) atoms. The highest BCUT2D eigenvalue weighted by Crippen LogP contribution is 2.21. The molecular weight excluding hydrogens is 891 g/mol. The highest BCUT2D eigenvalue weighted by atomic mass is 16.5. The van der Waals surface area contributed by atoms with Gasteiger partial charge >= 0.3 is 5.97 Å². The quantitative estimate of drug-likeness (QED) is 0.0356. The third kappa shape index (κ3) is 75.5. The van der Waals surface area contributed by atoms with Crippen molar-refractivity contribution in [1.82, 2.24) is 4.90 Å². The van der Waals surface area contributed by atoms with E-state index in [9.17, 15) is 14.7 Å². The van der Waals surface area contributed by atoms with Crippen LogP contribution in [0.4, 0.5) is 0 Å². The van der Waals surface area contributed by atoms with Gasteiger partial charge in [0.2, 0.25) is 0 Å². The highest BCUT2D eigenvalue weighted by Gasteiger charge is 2.19. The van der Waals surface area contributed by atoms with Crippen LogP contribution in [0.3, 0.4) is 0 Å². The van der Waals surface area contributed by atoms with Gasteiger partial charge in [-0.3, -0.25) is 4.79 Å². The number of aldehydes is 1. The first-order valence-electron chi connectivity index (χ1n) is 32.3. The Morgan fingerprint density at radius 2 is 0.736 bits per heavy atom. The fraction of sp³-hybridized carbons (Fsp3) is 0.969. The van der Waals surface area contributed by atoms with Gasteiger partial charge in [-0.1, -0.05) is 281 Å². The van der Waals surface area contributed by atoms with Crippen LogP contribution >= 0.6 is 0 Å². The van der Waals surface area contributed by atoms with E-state index in [1.54, 1.807) is 7.11 Å². The Hall–Kier alpha value is -1.02. The summed E-state index contributed by atoms with van der Waals surface area (Å²) in [5, 5.41) is 18.4. The number of nitrogens with zero attached hydrogens (tertiary/aromatic N) is 1. The number of carbonyl (C=O) groups is 2. The van der Waals surface area contributed by atoms with Crippen LogP contribution in [0.15, 0.2) is 0 Å². The van der Waals surface area contributed by atoms with E-state index in [-0.39, 0.29) is 24.6 Å². The zero-order chi connectivity index (χ0) is 54.7. The summed E-state index contributed by atoms with van der Waals surface area (Å²) in [7, 11) is 1.76. The molecule has 2 N–H and O–H groups in total. The summed E-state index contributed by atoms with van der Waals surface area (Å²) < 4.78 is 10.9. The third-order valence-electron chi connectivity index (χ3n) is 13.7. The van der Waals surface area contributed by atoms with Crippen LogP contribution in [0, 0.1) is 11.8 Å². The first-order chi connectivity index (χ1) is 35.2. The molecule has 2 atom stereocenters. The van der Waals surface area contributed by atoms with Gasteiger partial charge in [0.25, 0.3) is 0 Å². The van der Waals surface area contributed by atoms with Gasteiger partial charge in [-0.25, -0.2) is 0 Å². The molecule has 0 saturated carbocycles. The van der Waals surface area contributed by atoms with Crippen LogP contribution in [-0.4, -0.2) is 80.0 Å². The summed E-state index contributed by atoms with van der Waals surface area (Å²) in [6.07, 6.45) is 54.7. The SMILES string of the molecule is CC.CCCCCC.CCCCCC(C=O)CCCCC.CCCCCCCCC(CCCCCCC)C(=O)OCCCCCCN(CCO)CCCCCCOC.CCCCCCCCCCCC(C)O. The average molecular weight is 1030 g/mol. The Labute approximate surface area is 454 Å². The summed E-state index contributed by atoms with van der Waals surface area (Å²) in [5.74, 6) is 0.510. The van der Waals surface area contributed by atoms with Crippen molar-refractivity contribution < 1.29 is 29.3 Å². The van der Waals surface area contributed by atoms with E-state index in [1.807, 2.05) is 20.8 Å². The summed E-state index contributed by atoms with van der Waals surface area (Å²) in [6, 6.07) is 0. The lowest BCUT2D eigenvalue weighted by Gasteiger charge is -2.21. The molecule has 0 spiro atoms. The van der Waals surface area contributed by atoms with Crippen molar-refractivity contribution >= 4 is 12.3 Å². The van der Waals surface area contributed by atoms with Crippen molar-refractivity contribution in [3.63, 3.8) is 0 Å². The topological polar surface area (TPSA) is 96.3 Å². The van der Waals surface area contributed by atoms with E-state index in [4.69, 9.17) is 14.6 Å². The zero-order valence-electron chi connectivity index (χ0n) is 51.4. The molecule has 7 heteroatoms. The smallest absolute Gasteiger partial charge is 0.308 e. The maximum atomic E-state index is 12.8. The Morgan fingerprint density at radius 1 is 0.431 bits per heavy atom. The van der Waals surface area contributed by atoms with Crippen molar-refractivity contribution in [2.24, 2.45) is 11.8 Å². The molecule has 2 unspecified atom stereocenters. The molecule has 7 nitrogen and oxygen atoms in total. The molecule has 0 aliphatic rings. The second-order valence-electron chi connectivity index (χ2n) is 21.1. The maximum Gasteiger partial charge on any atom is 0.308 e. The van der Waals surface area contributed by atoms with Gasteiger partial charge in [-0.15, -0.1) is 0 Å². The van der Waals surface area contributed by atoms with E-state index in [1.165, 1.54) is 199 Å². The van der Waals surface area contributed by atoms with Crippen LogP contribution in [0.2, 0.25) is 0 Å². The number of carbonyl (C=O) groups excluding carboxylic acids is 2. The van der Waals surface area contributed by atoms with Crippen molar-refractivity contribution in [2.45, 2.75) is 351 Å². The molecule has 0 radical (unpaired) electrons. The molecule has 438 valence electrons. The monoisotopic (exact) mass is 1030 g/mol. The molecule has 0 heterocycles. The first kappa shape index (κ1) is 79.8. The number of esters is 1. The molecule has 0 aliphatic heterocycles. The van der Waals surface area contributed by atoms with Gasteiger partial charge in [-0.2, -0.15) is 0 Å². The minimum absolute atomic E-state index is 0.0590. The van der Waals surface area contributed by atoms with Crippen molar-refractivity contribution in [3.05, 3.63) is 0 Å². The van der Waals surface area contributed by atoms with E-state index >= 15 is 0 Å². The van der Waals surface area contributed by atoms with Crippen molar-refractivity contribution in [1.29, 1.82) is 0 Å². The molecule has 0 amide bonds. The highest BCUT2D eigenvalue weighted by molar-refractivity contribution is 5.72. The molecule has 0 saturated heterocycles. The number of ether oxygens (including phenoxy) is 2. The van der Waals surface area contributed by atoms with Crippen LogP contribution in [-0.2, 0) is 19.1 Å². The number of rotatable bonds is 52. The lowest BCUT2D eigenvalue weighted by Crippen LogP contribution is -2.29. The Morgan fingerprint density at radius 3 is 1.10 bits per heavy atom. The second kappa shape index (κ2) is 76.5. The molecule has 0 fully saturated rings. The predicted octanol–water partition coefficient (Wildman–Crippen LogP) is 20.2. The minimum atomic E-state index is -0.0976. The van der Waals surface area contributed by atoms with Crippen LogP contribution in [0.5, 0.6) is 0 Å². The lowest BCUT2D eigenvalue weighted by molar-refractivity contribution is -0.149. The van der Waals surface area contributed by atoms with Crippen LogP contribution < -0.4 is 0 Å². The van der Waals surface area contributed by atoms with Gasteiger partial charge in [-0.05, 0) is 77.8 Å². The summed E-state index contributed by atoms with van der Waals surface area (Å²) in [5.41, 5.74) is 0. The molecule has 0 aromatic heterocycles. The number of unbranched alkanes of at least 4 members (excludes halogenated alkanes) is 30. The molecule has 0 aromatic rings. The zero-order valence-corrected chi connectivity index (χ0v) is 51.4. The molecular formula is C65H137NO6. The van der Waals surface area contributed by atoms with E-state index in [0.717, 1.165) is 110 Å². The second-order valence-corrected chi connectivity index (χ2v) is 21.1. The molecule has 0 rings (SSSR count). The van der Waals surface area contributed by atoms with Gasteiger partial charge in [0.05, 0.1) is 25.2 Å². The number of hydrogen-bond donors (Lipinski definition) is 2. The van der Waals surface area contributed by atoms with Gasteiger partial charge in [0, 0.05) is 26.2 Å². The number of aliphatic hydroxyl groups is 2. The molecule has 0 aromatic carbocycles. The normalized spacial score (nSPS) is 11.7.